The van der Waals surface area contributed by atoms with Gasteiger partial charge in [0, 0.05) is 30.0 Å². The highest BCUT2D eigenvalue weighted by Crippen LogP contribution is 2.43. The van der Waals surface area contributed by atoms with Crippen molar-refractivity contribution in [2.75, 3.05) is 6.54 Å². The second-order valence-corrected chi connectivity index (χ2v) is 12.2. The highest BCUT2D eigenvalue weighted by Gasteiger charge is 2.28. The first-order valence-corrected chi connectivity index (χ1v) is 15.5. The van der Waals surface area contributed by atoms with Crippen LogP contribution < -0.4 is 0 Å². The van der Waals surface area contributed by atoms with Crippen molar-refractivity contribution in [1.29, 1.82) is 0 Å². The predicted molar refractivity (Wildman–Crippen MR) is 164 cm³/mol. The molecule has 41 heavy (non-hydrogen) atoms. The molecule has 0 bridgehead atoms. The van der Waals surface area contributed by atoms with Gasteiger partial charge in [0.1, 0.15) is 12.3 Å². The maximum atomic E-state index is 12.7. The number of hydrogen-bond acceptors (Lipinski definition) is 5. The molecule has 7 rings (SSSR count). The Kier molecular flexibility index (Phi) is 7.24. The van der Waals surface area contributed by atoms with E-state index in [1.165, 1.54) is 39.7 Å². The van der Waals surface area contributed by atoms with Gasteiger partial charge in [0.05, 0.1) is 10.4 Å². The largest absolute Gasteiger partial charge is 0.445 e. The van der Waals surface area contributed by atoms with Gasteiger partial charge >= 0.3 is 6.09 Å². The molecule has 0 radical (unpaired) electrons. The Morgan fingerprint density at radius 3 is 2.41 bits per heavy atom. The highest BCUT2D eigenvalue weighted by molar-refractivity contribution is 7.17. The van der Waals surface area contributed by atoms with Gasteiger partial charge in [-0.1, -0.05) is 72.8 Å². The van der Waals surface area contributed by atoms with E-state index < -0.39 is 0 Å². The van der Waals surface area contributed by atoms with Crippen molar-refractivity contribution >= 4 is 27.5 Å². The van der Waals surface area contributed by atoms with E-state index in [0.717, 1.165) is 41.6 Å². The van der Waals surface area contributed by atoms with Crippen LogP contribution >= 0.6 is 11.3 Å². The smallest absolute Gasteiger partial charge is 0.410 e. The number of rotatable bonds is 5. The molecule has 0 atom stereocenters. The average molecular weight is 560 g/mol. The van der Waals surface area contributed by atoms with Crippen molar-refractivity contribution in [2.24, 2.45) is 0 Å². The number of nitrogens with zero attached hydrogens (tertiary/aromatic N) is 3. The second kappa shape index (κ2) is 11.5. The molecule has 3 aromatic carbocycles. The zero-order valence-corrected chi connectivity index (χ0v) is 23.9. The average Bonchev–Trinajstić information content (AvgIpc) is 3.54. The van der Waals surface area contributed by atoms with E-state index in [2.05, 4.69) is 60.0 Å². The summed E-state index contributed by atoms with van der Waals surface area (Å²) in [7, 11) is 0. The van der Waals surface area contributed by atoms with E-state index in [4.69, 9.17) is 14.9 Å². The van der Waals surface area contributed by atoms with Crippen LogP contribution in [-0.4, -0.2) is 27.7 Å². The summed E-state index contributed by atoms with van der Waals surface area (Å²) < 4.78 is 6.86. The molecule has 0 unspecified atom stereocenters. The lowest BCUT2D eigenvalue weighted by molar-refractivity contribution is 0.0918. The van der Waals surface area contributed by atoms with E-state index in [0.29, 0.717) is 31.5 Å². The summed E-state index contributed by atoms with van der Waals surface area (Å²) in [5.41, 5.74) is 8.12. The van der Waals surface area contributed by atoms with Gasteiger partial charge in [0.2, 0.25) is 0 Å². The number of aromatic nitrogens is 2. The fraction of sp³-hybridized carbons (Fsp3) is 0.286. The third-order valence-electron chi connectivity index (χ3n) is 8.75. The van der Waals surface area contributed by atoms with Crippen molar-refractivity contribution in [2.45, 2.75) is 57.1 Å². The number of fused-ring (bicyclic) bond motifs is 2. The molecule has 1 amide bonds. The Labute approximate surface area is 244 Å². The van der Waals surface area contributed by atoms with Crippen LogP contribution in [0, 0.1) is 0 Å². The van der Waals surface area contributed by atoms with Gasteiger partial charge in [-0.05, 0) is 77.8 Å². The Bertz CT molecular complexity index is 1660. The normalized spacial score (nSPS) is 18.7. The van der Waals surface area contributed by atoms with Crippen molar-refractivity contribution in [3.05, 3.63) is 118 Å². The van der Waals surface area contributed by atoms with Crippen LogP contribution in [0.5, 0.6) is 0 Å². The fourth-order valence-corrected chi connectivity index (χ4v) is 7.43. The molecule has 6 heteroatoms. The molecule has 1 aliphatic heterocycles. The SMILES string of the molecule is O=C(OCc1ccccc1)N1CCc2cc(-c3nnc([C@H]4CC[C@@H](c5ccccc5)CC4)c4sccc34)ccc2C1. The monoisotopic (exact) mass is 559 g/mol. The molecule has 2 aromatic heterocycles. The number of benzene rings is 3. The third kappa shape index (κ3) is 5.36. The zero-order valence-electron chi connectivity index (χ0n) is 23.0. The molecule has 1 aliphatic carbocycles. The van der Waals surface area contributed by atoms with Gasteiger partial charge in [-0.2, -0.15) is 5.10 Å². The minimum absolute atomic E-state index is 0.261. The zero-order chi connectivity index (χ0) is 27.6. The summed E-state index contributed by atoms with van der Waals surface area (Å²) in [6.45, 7) is 1.50. The van der Waals surface area contributed by atoms with Crippen molar-refractivity contribution < 1.29 is 9.53 Å². The van der Waals surface area contributed by atoms with Gasteiger partial charge < -0.3 is 9.64 Å². The predicted octanol–water partition coefficient (Wildman–Crippen LogP) is 8.49. The number of hydrogen-bond donors (Lipinski definition) is 0. The Morgan fingerprint density at radius 1 is 0.854 bits per heavy atom. The molecular formula is C35H33N3O2S. The van der Waals surface area contributed by atoms with E-state index >= 15 is 0 Å². The Morgan fingerprint density at radius 2 is 1.61 bits per heavy atom. The molecule has 3 heterocycles. The van der Waals surface area contributed by atoms with E-state index in [9.17, 15) is 4.79 Å². The van der Waals surface area contributed by atoms with Gasteiger partial charge in [-0.15, -0.1) is 16.4 Å². The van der Waals surface area contributed by atoms with Crippen LogP contribution in [0.3, 0.4) is 0 Å². The van der Waals surface area contributed by atoms with Crippen LogP contribution in [0.15, 0.2) is 90.3 Å². The number of carbonyl (C=O) groups excluding carboxylic acids is 1. The van der Waals surface area contributed by atoms with Crippen LogP contribution in [0.2, 0.25) is 0 Å². The molecule has 1 saturated carbocycles. The molecule has 1 fully saturated rings. The molecule has 5 aromatic rings. The van der Waals surface area contributed by atoms with Gasteiger partial charge in [-0.3, -0.25) is 0 Å². The minimum Gasteiger partial charge on any atom is -0.445 e. The quantitative estimate of drug-likeness (QED) is 0.217. The van der Waals surface area contributed by atoms with Crippen LogP contribution in [0.25, 0.3) is 21.3 Å². The molecule has 0 saturated heterocycles. The summed E-state index contributed by atoms with van der Waals surface area (Å²) in [6.07, 6.45) is 5.25. The lowest BCUT2D eigenvalue weighted by atomic mass is 9.77. The summed E-state index contributed by atoms with van der Waals surface area (Å²) in [4.78, 5) is 14.5. The van der Waals surface area contributed by atoms with Gasteiger partial charge in [0.15, 0.2) is 0 Å². The van der Waals surface area contributed by atoms with Crippen LogP contribution in [0.1, 0.15) is 65.5 Å². The van der Waals surface area contributed by atoms with Crippen molar-refractivity contribution in [1.82, 2.24) is 15.1 Å². The standard InChI is InChI=1S/C35H33N3O2S/c39-35(40-23-24-7-3-1-4-8-24)38-19-17-28-21-29(15-16-30(28)22-38)32-31-18-20-41-34(31)33(37-36-32)27-13-11-26(12-14-27)25-9-5-2-6-10-25/h1-10,15-16,18,20-21,26-27H,11-14,17,19,22-23H2/t26-,27+. The van der Waals surface area contributed by atoms with Crippen molar-refractivity contribution in [3.63, 3.8) is 0 Å². The molecular weight excluding hydrogens is 526 g/mol. The number of amides is 1. The molecule has 0 spiro atoms. The molecule has 0 N–H and O–H groups in total. The third-order valence-corrected chi connectivity index (χ3v) is 9.69. The van der Waals surface area contributed by atoms with Gasteiger partial charge in [-0.25, -0.2) is 4.79 Å². The van der Waals surface area contributed by atoms with E-state index in [-0.39, 0.29) is 6.09 Å². The van der Waals surface area contributed by atoms with Crippen LogP contribution in [0.4, 0.5) is 4.79 Å². The maximum Gasteiger partial charge on any atom is 0.410 e. The number of ether oxygens (including phenoxy) is 1. The van der Waals surface area contributed by atoms with E-state index in [1.807, 2.05) is 30.3 Å². The van der Waals surface area contributed by atoms with E-state index in [1.54, 1.807) is 16.2 Å². The lowest BCUT2D eigenvalue weighted by Crippen LogP contribution is -2.36. The number of carbonyl (C=O) groups is 1. The topological polar surface area (TPSA) is 55.3 Å². The van der Waals surface area contributed by atoms with Gasteiger partial charge in [0.25, 0.3) is 0 Å². The number of thiophene rings is 1. The van der Waals surface area contributed by atoms with Crippen LogP contribution in [-0.2, 0) is 24.3 Å². The molecule has 5 nitrogen and oxygen atoms in total. The first-order valence-electron chi connectivity index (χ1n) is 14.6. The lowest BCUT2D eigenvalue weighted by Gasteiger charge is -2.29. The summed E-state index contributed by atoms with van der Waals surface area (Å²) in [5.74, 6) is 1.12. The molecule has 206 valence electrons. The van der Waals surface area contributed by atoms with Crippen molar-refractivity contribution in [3.8, 4) is 11.3 Å². The summed E-state index contributed by atoms with van der Waals surface area (Å²) in [6, 6.07) is 29.5. The fourth-order valence-electron chi connectivity index (χ4n) is 6.47. The first-order chi connectivity index (χ1) is 20.2. The second-order valence-electron chi connectivity index (χ2n) is 11.3. The Balaban J connectivity index is 1.05. The summed E-state index contributed by atoms with van der Waals surface area (Å²) in [5, 5.41) is 13.1. The summed E-state index contributed by atoms with van der Waals surface area (Å²) >= 11 is 1.79. The molecule has 2 aliphatic rings. The Hall–Kier alpha value is -4.03. The first kappa shape index (κ1) is 25.9. The maximum absolute atomic E-state index is 12.7. The minimum atomic E-state index is -0.261. The highest BCUT2D eigenvalue weighted by atomic mass is 32.1.